The molecule has 2 atom stereocenters. The van der Waals surface area contributed by atoms with E-state index in [0.29, 0.717) is 18.1 Å². The van der Waals surface area contributed by atoms with Crippen LogP contribution in [-0.2, 0) is 70.2 Å². The van der Waals surface area contributed by atoms with Gasteiger partial charge in [0.1, 0.15) is 5.78 Å². The van der Waals surface area contributed by atoms with Crippen LogP contribution >= 0.6 is 0 Å². The zero-order valence-electron chi connectivity index (χ0n) is 18.9. The molecule has 1 heterocycles. The first-order chi connectivity index (χ1) is 10.4. The summed E-state index contributed by atoms with van der Waals surface area (Å²) in [7, 11) is 0. The van der Waals surface area contributed by atoms with Gasteiger partial charge in [0, 0.05) is 77.4 Å². The first-order valence-electron chi connectivity index (χ1n) is 9.01. The second-order valence-corrected chi connectivity index (χ2v) is 10.1. The van der Waals surface area contributed by atoms with E-state index < -0.39 is 5.60 Å². The zero-order valence-corrected chi connectivity index (χ0v) is 24.6. The molecule has 1 rings (SSSR count). The Morgan fingerprint density at radius 3 is 1.63 bits per heavy atom. The molecule has 4 N–H and O–H groups in total. The van der Waals surface area contributed by atoms with Gasteiger partial charge in [0.15, 0.2) is 0 Å². The van der Waals surface area contributed by atoms with E-state index >= 15 is 0 Å². The third-order valence-electron chi connectivity index (χ3n) is 2.65. The largest absolute Gasteiger partial charge is 0.391 e. The van der Waals surface area contributed by atoms with Gasteiger partial charge in [-0.2, -0.15) is 5.92 Å². The minimum absolute atomic E-state index is 0. The van der Waals surface area contributed by atoms with Crippen LogP contribution in [0.1, 0.15) is 89.5 Å². The number of nitrogens with two attached hydrogens (primary N) is 1. The van der Waals surface area contributed by atoms with Crippen LogP contribution in [0.2, 0.25) is 0 Å². The summed E-state index contributed by atoms with van der Waals surface area (Å²) in [5.41, 5.74) is 5.12. The first-order valence-corrected chi connectivity index (χ1v) is 9.01. The van der Waals surface area contributed by atoms with Crippen molar-refractivity contribution in [3.63, 3.8) is 0 Å². The summed E-state index contributed by atoms with van der Waals surface area (Å²) in [4.78, 5) is 11.7. The number of hydrogen-bond donors (Lipinski definition) is 3. The standard InChI is InChI=1S/C12H22NO.C4H11N.C4H10O.CH4.2Y/c1-9-7-10(13-8-9)11(14)5-6-12(2,3)4;2*1-4(2,3)5;;;/h7,9-10,13H,5-6,8H2,1-4H3;5H2,1-3H3;5H,1-3H3;1H4;;/q-1;;;;;. The molecular formula is C21H47N2O2Y2-. The second kappa shape index (κ2) is 17.4. The van der Waals surface area contributed by atoms with Gasteiger partial charge in [-0.1, -0.05) is 41.2 Å². The van der Waals surface area contributed by atoms with Gasteiger partial charge < -0.3 is 27.4 Å². The first kappa shape index (κ1) is 39.3. The van der Waals surface area contributed by atoms with E-state index in [9.17, 15) is 4.79 Å². The number of Topliss-reactive ketones (excluding diaryl/α,β-unsaturated/α-hetero) is 1. The number of aliphatic hydroxyl groups is 1. The summed E-state index contributed by atoms with van der Waals surface area (Å²) in [6.45, 7) is 20.7. The number of carbonyl (C=O) groups excluding carboxylic acids is 1. The number of ketones is 1. The molecule has 0 aromatic heterocycles. The van der Waals surface area contributed by atoms with Crippen molar-refractivity contribution >= 4 is 5.78 Å². The van der Waals surface area contributed by atoms with E-state index in [1.165, 1.54) is 0 Å². The minimum Gasteiger partial charge on any atom is -0.391 e. The molecule has 0 bridgehead atoms. The maximum atomic E-state index is 11.7. The fourth-order valence-electron chi connectivity index (χ4n) is 1.65. The molecule has 1 aliphatic rings. The van der Waals surface area contributed by atoms with E-state index in [2.05, 4.69) is 39.4 Å². The maximum Gasteiger partial charge on any atom is 0.119 e. The van der Waals surface area contributed by atoms with Gasteiger partial charge in [-0.3, -0.25) is 0 Å². The van der Waals surface area contributed by atoms with Crippen molar-refractivity contribution in [1.29, 1.82) is 0 Å². The third-order valence-corrected chi connectivity index (χ3v) is 2.65. The topological polar surface area (TPSA) is 75.3 Å². The van der Waals surface area contributed by atoms with Gasteiger partial charge in [-0.25, -0.2) is 0 Å². The molecule has 27 heavy (non-hydrogen) atoms. The molecule has 0 aliphatic carbocycles. The fourth-order valence-corrected chi connectivity index (χ4v) is 1.65. The van der Waals surface area contributed by atoms with Crippen LogP contribution < -0.4 is 11.1 Å². The molecule has 1 aliphatic heterocycles. The summed E-state index contributed by atoms with van der Waals surface area (Å²) in [5, 5.41) is 11.8. The Hall–Kier alpha value is 1.76. The molecule has 0 spiro atoms. The normalized spacial score (nSPS) is 19.0. The summed E-state index contributed by atoms with van der Waals surface area (Å²) in [5.74, 6) is 0.892. The quantitative estimate of drug-likeness (QED) is 0.469. The predicted octanol–water partition coefficient (Wildman–Crippen LogP) is 4.35. The monoisotopic (exact) mass is 537 g/mol. The van der Waals surface area contributed by atoms with Crippen LogP contribution in [0.25, 0.3) is 0 Å². The van der Waals surface area contributed by atoms with Crippen molar-refractivity contribution in [2.45, 2.75) is 107 Å². The van der Waals surface area contributed by atoms with Crippen molar-refractivity contribution in [3.05, 3.63) is 6.42 Å². The molecular weight excluding hydrogens is 490 g/mol. The van der Waals surface area contributed by atoms with Crippen molar-refractivity contribution in [2.24, 2.45) is 17.1 Å². The van der Waals surface area contributed by atoms with E-state index in [1.54, 1.807) is 20.8 Å². The van der Waals surface area contributed by atoms with Crippen molar-refractivity contribution in [1.82, 2.24) is 5.32 Å². The van der Waals surface area contributed by atoms with Crippen LogP contribution in [0.3, 0.4) is 0 Å². The second-order valence-electron chi connectivity index (χ2n) is 10.1. The molecule has 1 saturated heterocycles. The third kappa shape index (κ3) is 42.7. The summed E-state index contributed by atoms with van der Waals surface area (Å²) in [6, 6.07) is 0.0207. The van der Waals surface area contributed by atoms with E-state index in [1.807, 2.05) is 20.8 Å². The smallest absolute Gasteiger partial charge is 0.119 e. The molecule has 160 valence electrons. The van der Waals surface area contributed by atoms with Crippen molar-refractivity contribution < 1.29 is 75.3 Å². The number of hydrogen-bond acceptors (Lipinski definition) is 4. The van der Waals surface area contributed by atoms with Crippen molar-refractivity contribution in [3.8, 4) is 0 Å². The molecule has 4 nitrogen and oxygen atoms in total. The van der Waals surface area contributed by atoms with Crippen LogP contribution in [0.5, 0.6) is 0 Å². The van der Waals surface area contributed by atoms with E-state index in [-0.39, 0.29) is 89.8 Å². The Kier molecular flexibility index (Phi) is 25.4. The Bertz CT molecular complexity index is 333. The average Bonchev–Trinajstić information content (AvgIpc) is 2.67. The fraction of sp³-hybridized carbons (Fsp3) is 0.905. The molecule has 6 heteroatoms. The summed E-state index contributed by atoms with van der Waals surface area (Å²) < 4.78 is 0. The Morgan fingerprint density at radius 2 is 1.41 bits per heavy atom. The van der Waals surface area contributed by atoms with Gasteiger partial charge in [0.05, 0.1) is 5.60 Å². The van der Waals surface area contributed by atoms with Crippen LogP contribution in [-0.4, -0.2) is 34.6 Å². The van der Waals surface area contributed by atoms with E-state index in [4.69, 9.17) is 10.8 Å². The molecule has 2 unspecified atom stereocenters. The minimum atomic E-state index is -0.500. The zero-order chi connectivity index (χ0) is 19.8. The molecule has 0 amide bonds. The van der Waals surface area contributed by atoms with Crippen LogP contribution in [0, 0.1) is 17.8 Å². The van der Waals surface area contributed by atoms with Gasteiger partial charge in [0.2, 0.25) is 0 Å². The average molecular weight is 537 g/mol. The van der Waals surface area contributed by atoms with E-state index in [0.717, 1.165) is 13.0 Å². The van der Waals surface area contributed by atoms with Gasteiger partial charge >= 0.3 is 0 Å². The molecule has 0 saturated carbocycles. The summed E-state index contributed by atoms with van der Waals surface area (Å²) >= 11 is 0. The van der Waals surface area contributed by atoms with Crippen LogP contribution in [0.4, 0.5) is 0 Å². The molecule has 0 aromatic carbocycles. The number of rotatable bonds is 3. The van der Waals surface area contributed by atoms with Crippen LogP contribution in [0.15, 0.2) is 0 Å². The molecule has 1 fully saturated rings. The Labute approximate surface area is 221 Å². The number of carbonyl (C=O) groups is 1. The Balaban J connectivity index is -0.000000106. The Morgan fingerprint density at radius 1 is 1.07 bits per heavy atom. The van der Waals surface area contributed by atoms with Gasteiger partial charge in [0.25, 0.3) is 0 Å². The maximum absolute atomic E-state index is 11.7. The van der Waals surface area contributed by atoms with Gasteiger partial charge in [-0.05, 0) is 59.9 Å². The van der Waals surface area contributed by atoms with Crippen molar-refractivity contribution in [2.75, 3.05) is 6.54 Å². The molecule has 0 aromatic rings. The SMILES string of the molecule is C.CC(C)(C)N.CC(C)(C)O.CC1[CH-]C(C(=O)CCC(C)(C)C)NC1.[Y].[Y]. The molecule has 2 radical (unpaired) electrons. The van der Waals surface area contributed by atoms with Gasteiger partial charge in [-0.15, -0.1) is 0 Å². The predicted molar refractivity (Wildman–Crippen MR) is 112 cm³/mol. The number of nitrogens with one attached hydrogen (secondary N) is 1. The summed E-state index contributed by atoms with van der Waals surface area (Å²) in [6.07, 6.45) is 3.81.